The summed E-state index contributed by atoms with van der Waals surface area (Å²) in [5.41, 5.74) is 6.34. The van der Waals surface area contributed by atoms with Crippen molar-refractivity contribution in [3.63, 3.8) is 0 Å². The van der Waals surface area contributed by atoms with Gasteiger partial charge < -0.3 is 30.7 Å². The molecule has 11 heteroatoms. The third-order valence-corrected chi connectivity index (χ3v) is 5.54. The summed E-state index contributed by atoms with van der Waals surface area (Å²) in [6.45, 7) is 6.38. The number of hydrogen-bond donors (Lipinski definition) is 3. The molecule has 0 aromatic heterocycles. The van der Waals surface area contributed by atoms with E-state index in [1.165, 1.54) is 7.11 Å². The maximum absolute atomic E-state index is 13.7. The molecule has 4 N–H and O–H groups in total. The maximum atomic E-state index is 13.7. The molecule has 0 saturated carbocycles. The molecule has 0 saturated heterocycles. The minimum absolute atomic E-state index is 0.428. The first kappa shape index (κ1) is 30.6. The quantitative estimate of drug-likeness (QED) is 0.371. The Morgan fingerprint density at radius 2 is 1.67 bits per heavy atom. The molecule has 2 aromatic carbocycles. The summed E-state index contributed by atoms with van der Waals surface area (Å²) in [4.78, 5) is 52.7. The zero-order chi connectivity index (χ0) is 29.2. The molecule has 0 bridgehead atoms. The molecule has 208 valence electrons. The number of benzene rings is 2. The highest BCUT2D eigenvalue weighted by Gasteiger charge is 2.37. The van der Waals surface area contributed by atoms with Crippen molar-refractivity contribution in [1.82, 2.24) is 10.2 Å². The predicted molar refractivity (Wildman–Crippen MR) is 144 cm³/mol. The highest BCUT2D eigenvalue weighted by atomic mass is 16.6. The van der Waals surface area contributed by atoms with Crippen LogP contribution in [0.15, 0.2) is 48.5 Å². The summed E-state index contributed by atoms with van der Waals surface area (Å²) < 4.78 is 10.4. The zero-order valence-corrected chi connectivity index (χ0v) is 22.8. The minimum Gasteiger partial charge on any atom is -0.497 e. The third kappa shape index (κ3) is 9.34. The first-order valence-corrected chi connectivity index (χ1v) is 12.4. The fourth-order valence-corrected chi connectivity index (χ4v) is 3.72. The van der Waals surface area contributed by atoms with Crippen LogP contribution in [0.1, 0.15) is 51.3 Å². The van der Waals surface area contributed by atoms with E-state index in [-0.39, 0.29) is 0 Å². The van der Waals surface area contributed by atoms with E-state index in [1.807, 2.05) is 25.1 Å². The predicted octanol–water partition coefficient (Wildman–Crippen LogP) is 3.06. The van der Waals surface area contributed by atoms with E-state index in [0.29, 0.717) is 17.0 Å². The van der Waals surface area contributed by atoms with Gasteiger partial charge in [-0.3, -0.25) is 14.4 Å². The van der Waals surface area contributed by atoms with Crippen LogP contribution in [0.4, 0.5) is 10.5 Å². The van der Waals surface area contributed by atoms with Crippen molar-refractivity contribution in [2.24, 2.45) is 5.73 Å². The highest BCUT2D eigenvalue weighted by Crippen LogP contribution is 2.26. The van der Waals surface area contributed by atoms with Gasteiger partial charge in [-0.15, -0.1) is 0 Å². The normalized spacial score (nSPS) is 12.3. The average Bonchev–Trinajstić information content (AvgIpc) is 2.87. The van der Waals surface area contributed by atoms with Gasteiger partial charge >= 0.3 is 6.09 Å². The third-order valence-electron chi connectivity index (χ3n) is 5.54. The number of nitrogens with one attached hydrogen (secondary N) is 2. The summed E-state index contributed by atoms with van der Waals surface area (Å²) in [6, 6.07) is 12.8. The van der Waals surface area contributed by atoms with E-state index >= 15 is 0 Å². The molecule has 4 amide bonds. The molecule has 0 aliphatic carbocycles. The van der Waals surface area contributed by atoms with Crippen molar-refractivity contribution >= 4 is 29.5 Å². The highest BCUT2D eigenvalue weighted by molar-refractivity contribution is 5.99. The van der Waals surface area contributed by atoms with Crippen LogP contribution in [0.3, 0.4) is 0 Å². The number of ether oxygens (including phenoxy) is 2. The largest absolute Gasteiger partial charge is 0.497 e. The van der Waals surface area contributed by atoms with Gasteiger partial charge in [-0.1, -0.05) is 31.2 Å². The maximum Gasteiger partial charge on any atom is 0.408 e. The van der Waals surface area contributed by atoms with Crippen molar-refractivity contribution in [3.8, 4) is 11.8 Å². The number of hydrogen-bond acceptors (Lipinski definition) is 7. The Balaban J connectivity index is 2.50. The SMILES string of the molecule is CCc1ccc(C(C(=O)Nc2ccc(OC)cc2)N(CC#N)C(=O)C(CC(N)=O)NC(=O)OC(C)(C)C)cc1. The van der Waals surface area contributed by atoms with E-state index in [0.717, 1.165) is 16.9 Å². The number of nitrogens with zero attached hydrogens (tertiary/aromatic N) is 2. The van der Waals surface area contributed by atoms with Gasteiger partial charge in [-0.2, -0.15) is 5.26 Å². The van der Waals surface area contributed by atoms with Gasteiger partial charge in [0.1, 0.15) is 30.0 Å². The molecule has 0 radical (unpaired) electrons. The summed E-state index contributed by atoms with van der Waals surface area (Å²) in [5, 5.41) is 14.7. The molecule has 0 aliphatic heterocycles. The van der Waals surface area contributed by atoms with E-state index in [1.54, 1.807) is 57.2 Å². The van der Waals surface area contributed by atoms with Gasteiger partial charge in [-0.25, -0.2) is 4.79 Å². The number of primary amides is 1. The number of alkyl carbamates (subject to hydrolysis) is 1. The van der Waals surface area contributed by atoms with E-state index in [2.05, 4.69) is 10.6 Å². The van der Waals surface area contributed by atoms with Crippen molar-refractivity contribution < 1.29 is 28.7 Å². The second-order valence-electron chi connectivity index (χ2n) is 9.71. The lowest BCUT2D eigenvalue weighted by Gasteiger charge is -2.32. The molecular formula is C28H35N5O6. The van der Waals surface area contributed by atoms with Gasteiger partial charge in [0.15, 0.2) is 0 Å². The monoisotopic (exact) mass is 537 g/mol. The van der Waals surface area contributed by atoms with Crippen molar-refractivity contribution in [2.45, 2.75) is 58.2 Å². The molecule has 2 unspecified atom stereocenters. The molecule has 0 aliphatic rings. The summed E-state index contributed by atoms with van der Waals surface area (Å²) in [6.07, 6.45) is -0.767. The molecule has 11 nitrogen and oxygen atoms in total. The van der Waals surface area contributed by atoms with Crippen LogP contribution in [0.25, 0.3) is 0 Å². The lowest BCUT2D eigenvalue weighted by atomic mass is 10.00. The molecule has 0 fully saturated rings. The fourth-order valence-electron chi connectivity index (χ4n) is 3.72. The molecular weight excluding hydrogens is 502 g/mol. The van der Waals surface area contributed by atoms with E-state index < -0.39 is 54.5 Å². The van der Waals surface area contributed by atoms with Gasteiger partial charge in [0, 0.05) is 5.69 Å². The Labute approximate surface area is 228 Å². The number of nitriles is 1. The Morgan fingerprint density at radius 3 is 2.15 bits per heavy atom. The first-order chi connectivity index (χ1) is 18.4. The molecule has 2 atom stereocenters. The van der Waals surface area contributed by atoms with Gasteiger partial charge in [-0.05, 0) is 62.6 Å². The number of carbonyl (C=O) groups excluding carboxylic acids is 4. The van der Waals surface area contributed by atoms with Gasteiger partial charge in [0.05, 0.1) is 19.6 Å². The topological polar surface area (TPSA) is 164 Å². The molecule has 2 rings (SSSR count). The smallest absolute Gasteiger partial charge is 0.408 e. The number of methoxy groups -OCH3 is 1. The first-order valence-electron chi connectivity index (χ1n) is 12.4. The van der Waals surface area contributed by atoms with Crippen LogP contribution in [0.5, 0.6) is 5.75 Å². The summed E-state index contributed by atoms with van der Waals surface area (Å²) in [7, 11) is 1.52. The second kappa shape index (κ2) is 13.8. The Bertz CT molecular complexity index is 1200. The van der Waals surface area contributed by atoms with Gasteiger partial charge in [0.2, 0.25) is 11.8 Å². The molecule has 2 aromatic rings. The van der Waals surface area contributed by atoms with Crippen LogP contribution in [0, 0.1) is 11.3 Å². The molecule has 0 spiro atoms. The van der Waals surface area contributed by atoms with Gasteiger partial charge in [0.25, 0.3) is 5.91 Å². The number of amides is 4. The number of rotatable bonds is 11. The summed E-state index contributed by atoms with van der Waals surface area (Å²) >= 11 is 0. The van der Waals surface area contributed by atoms with Crippen molar-refractivity contribution in [3.05, 3.63) is 59.7 Å². The van der Waals surface area contributed by atoms with Crippen LogP contribution >= 0.6 is 0 Å². The Morgan fingerprint density at radius 1 is 1.05 bits per heavy atom. The van der Waals surface area contributed by atoms with E-state index in [4.69, 9.17) is 15.2 Å². The Hall–Kier alpha value is -4.59. The summed E-state index contributed by atoms with van der Waals surface area (Å²) in [5.74, 6) is -1.74. The number of anilines is 1. The minimum atomic E-state index is -1.48. The average molecular weight is 538 g/mol. The Kier molecular flexibility index (Phi) is 10.8. The standard InChI is InChI=1S/C28H35N5O6/c1-6-18-7-9-19(10-8-18)24(25(35)31-20-11-13-21(38-5)14-12-20)33(16-15-29)26(36)22(17-23(30)34)32-27(37)39-28(2,3)4/h7-14,22,24H,6,16-17H2,1-5H3,(H2,30,34)(H,31,35)(H,32,37). The van der Waals surface area contributed by atoms with Crippen LogP contribution in [-0.2, 0) is 25.5 Å². The van der Waals surface area contributed by atoms with Crippen molar-refractivity contribution in [1.29, 1.82) is 5.26 Å². The van der Waals surface area contributed by atoms with Crippen LogP contribution < -0.4 is 21.1 Å². The second-order valence-corrected chi connectivity index (χ2v) is 9.71. The van der Waals surface area contributed by atoms with Crippen LogP contribution in [-0.4, -0.2) is 54.0 Å². The van der Waals surface area contributed by atoms with E-state index in [9.17, 15) is 24.4 Å². The number of carbonyl (C=O) groups is 4. The number of nitrogens with two attached hydrogens (primary N) is 1. The molecule has 0 heterocycles. The molecule has 39 heavy (non-hydrogen) atoms. The lowest BCUT2D eigenvalue weighted by Crippen LogP contribution is -2.53. The lowest BCUT2D eigenvalue weighted by molar-refractivity contribution is -0.141. The number of aryl methyl sites for hydroxylation is 1. The zero-order valence-electron chi connectivity index (χ0n) is 22.8. The van der Waals surface area contributed by atoms with Crippen LogP contribution in [0.2, 0.25) is 0 Å². The fraction of sp³-hybridized carbons (Fsp3) is 0.393. The van der Waals surface area contributed by atoms with Crippen molar-refractivity contribution in [2.75, 3.05) is 19.0 Å².